The third-order valence-corrected chi connectivity index (χ3v) is 5.43. The van der Waals surface area contributed by atoms with Gasteiger partial charge in [0.1, 0.15) is 0 Å². The van der Waals surface area contributed by atoms with Crippen molar-refractivity contribution in [2.24, 2.45) is 0 Å². The SMILES string of the molecule is Cc1cc(C)c(C(C)N2CCSCC2CC(=O)O)c(C)c1. The highest BCUT2D eigenvalue weighted by Crippen LogP contribution is 2.32. The number of benzene rings is 1. The maximum absolute atomic E-state index is 11.1. The molecule has 4 heteroatoms. The van der Waals surface area contributed by atoms with Crippen molar-refractivity contribution in [1.29, 1.82) is 0 Å². The second-order valence-corrected chi connectivity index (χ2v) is 7.20. The van der Waals surface area contributed by atoms with Crippen molar-refractivity contribution in [3.05, 3.63) is 34.4 Å². The Morgan fingerprint density at radius 2 is 2.00 bits per heavy atom. The smallest absolute Gasteiger partial charge is 0.304 e. The molecule has 0 radical (unpaired) electrons. The number of hydrogen-bond acceptors (Lipinski definition) is 3. The number of carboxylic acid groups (broad SMARTS) is 1. The fourth-order valence-corrected chi connectivity index (χ4v) is 4.66. The Labute approximate surface area is 131 Å². The second-order valence-electron chi connectivity index (χ2n) is 6.05. The van der Waals surface area contributed by atoms with E-state index in [0.29, 0.717) is 0 Å². The zero-order valence-corrected chi connectivity index (χ0v) is 14.2. The summed E-state index contributed by atoms with van der Waals surface area (Å²) in [7, 11) is 0. The zero-order valence-electron chi connectivity index (χ0n) is 13.3. The quantitative estimate of drug-likeness (QED) is 0.923. The molecule has 1 aliphatic rings. The minimum absolute atomic E-state index is 0.136. The van der Waals surface area contributed by atoms with Crippen molar-refractivity contribution in [2.75, 3.05) is 18.1 Å². The molecule has 0 saturated carbocycles. The molecule has 116 valence electrons. The molecule has 0 bridgehead atoms. The third-order valence-electron chi connectivity index (χ3n) is 4.34. The lowest BCUT2D eigenvalue weighted by atomic mass is 9.93. The van der Waals surface area contributed by atoms with Crippen molar-refractivity contribution >= 4 is 17.7 Å². The average molecular weight is 307 g/mol. The fourth-order valence-electron chi connectivity index (χ4n) is 3.57. The fraction of sp³-hybridized carbons (Fsp3) is 0.588. The summed E-state index contributed by atoms with van der Waals surface area (Å²) in [5, 5.41) is 9.15. The van der Waals surface area contributed by atoms with Crippen LogP contribution in [0.15, 0.2) is 12.1 Å². The first kappa shape index (κ1) is 16.4. The van der Waals surface area contributed by atoms with E-state index in [0.717, 1.165) is 18.1 Å². The summed E-state index contributed by atoms with van der Waals surface area (Å²) in [4.78, 5) is 13.5. The van der Waals surface area contributed by atoms with Crippen LogP contribution in [0.5, 0.6) is 0 Å². The Bertz CT molecular complexity index is 507. The molecule has 0 aliphatic carbocycles. The molecule has 21 heavy (non-hydrogen) atoms. The van der Waals surface area contributed by atoms with E-state index >= 15 is 0 Å². The van der Waals surface area contributed by atoms with Crippen LogP contribution < -0.4 is 0 Å². The standard InChI is InChI=1S/C17H25NO2S/c1-11-7-12(2)17(13(3)8-11)14(4)18-5-6-21-10-15(18)9-16(19)20/h7-8,14-15H,5-6,9-10H2,1-4H3,(H,19,20). The summed E-state index contributed by atoms with van der Waals surface area (Å²) in [6.45, 7) is 9.64. The van der Waals surface area contributed by atoms with Gasteiger partial charge in [-0.1, -0.05) is 17.7 Å². The predicted octanol–water partition coefficient (Wildman–Crippen LogP) is 3.56. The van der Waals surface area contributed by atoms with Crippen molar-refractivity contribution in [3.8, 4) is 0 Å². The van der Waals surface area contributed by atoms with E-state index < -0.39 is 5.97 Å². The van der Waals surface area contributed by atoms with Crippen LogP contribution in [0.25, 0.3) is 0 Å². The molecule has 1 heterocycles. The molecule has 3 nitrogen and oxygen atoms in total. The molecule has 1 aromatic rings. The molecular formula is C17H25NO2S. The maximum Gasteiger partial charge on any atom is 0.304 e. The monoisotopic (exact) mass is 307 g/mol. The molecule has 2 unspecified atom stereocenters. The van der Waals surface area contributed by atoms with Crippen LogP contribution in [-0.4, -0.2) is 40.1 Å². The Balaban J connectivity index is 2.28. The second kappa shape index (κ2) is 6.84. The van der Waals surface area contributed by atoms with E-state index in [2.05, 4.69) is 44.7 Å². The Kier molecular flexibility index (Phi) is 5.33. The first-order valence-electron chi connectivity index (χ1n) is 7.53. The predicted molar refractivity (Wildman–Crippen MR) is 89.1 cm³/mol. The van der Waals surface area contributed by atoms with Crippen LogP contribution in [0, 0.1) is 20.8 Å². The molecule has 1 aliphatic heterocycles. The Morgan fingerprint density at radius 1 is 1.38 bits per heavy atom. The number of nitrogens with zero attached hydrogens (tertiary/aromatic N) is 1. The van der Waals surface area contributed by atoms with E-state index in [-0.39, 0.29) is 18.5 Å². The van der Waals surface area contributed by atoms with Crippen LogP contribution in [0.4, 0.5) is 0 Å². The van der Waals surface area contributed by atoms with Gasteiger partial charge in [-0.3, -0.25) is 9.69 Å². The summed E-state index contributed by atoms with van der Waals surface area (Å²) < 4.78 is 0. The lowest BCUT2D eigenvalue weighted by Crippen LogP contribution is -2.45. The van der Waals surface area contributed by atoms with Crippen molar-refractivity contribution in [1.82, 2.24) is 4.90 Å². The summed E-state index contributed by atoms with van der Waals surface area (Å²) in [5.74, 6) is 1.31. The van der Waals surface area contributed by atoms with Gasteiger partial charge >= 0.3 is 5.97 Å². The third kappa shape index (κ3) is 3.80. The molecule has 1 fully saturated rings. The number of carbonyl (C=O) groups is 1. The summed E-state index contributed by atoms with van der Waals surface area (Å²) in [6, 6.07) is 4.86. The van der Waals surface area contributed by atoms with Gasteiger partial charge in [-0.25, -0.2) is 0 Å². The lowest BCUT2D eigenvalue weighted by molar-refractivity contribution is -0.138. The number of rotatable bonds is 4. The minimum atomic E-state index is -0.697. The van der Waals surface area contributed by atoms with Crippen LogP contribution in [0.1, 0.15) is 41.6 Å². The van der Waals surface area contributed by atoms with Gasteiger partial charge in [0.2, 0.25) is 0 Å². The van der Waals surface area contributed by atoms with Gasteiger partial charge in [0.05, 0.1) is 6.42 Å². The molecule has 2 rings (SSSR count). The number of aliphatic carboxylic acids is 1. The highest BCUT2D eigenvalue weighted by Gasteiger charge is 2.30. The first-order valence-corrected chi connectivity index (χ1v) is 8.68. The number of hydrogen-bond donors (Lipinski definition) is 1. The topological polar surface area (TPSA) is 40.5 Å². The van der Waals surface area contributed by atoms with Gasteiger partial charge in [-0.05, 0) is 44.4 Å². The first-order chi connectivity index (χ1) is 9.90. The summed E-state index contributed by atoms with van der Waals surface area (Å²) in [6.07, 6.45) is 0.237. The Morgan fingerprint density at radius 3 is 2.57 bits per heavy atom. The summed E-state index contributed by atoms with van der Waals surface area (Å²) in [5.41, 5.74) is 5.28. The molecular weight excluding hydrogens is 282 g/mol. The van der Waals surface area contributed by atoms with Crippen LogP contribution >= 0.6 is 11.8 Å². The Hall–Kier alpha value is -1.00. The highest BCUT2D eigenvalue weighted by atomic mass is 32.2. The molecule has 0 aromatic heterocycles. The van der Waals surface area contributed by atoms with Gasteiger partial charge in [0, 0.05) is 30.1 Å². The number of aryl methyl sites for hydroxylation is 3. The molecule has 2 atom stereocenters. The molecule has 1 aromatic carbocycles. The van der Waals surface area contributed by atoms with Crippen molar-refractivity contribution in [2.45, 2.75) is 46.2 Å². The van der Waals surface area contributed by atoms with Gasteiger partial charge in [0.15, 0.2) is 0 Å². The van der Waals surface area contributed by atoms with Crippen molar-refractivity contribution in [3.63, 3.8) is 0 Å². The van der Waals surface area contributed by atoms with E-state index in [9.17, 15) is 4.79 Å². The van der Waals surface area contributed by atoms with Crippen LogP contribution in [0.2, 0.25) is 0 Å². The largest absolute Gasteiger partial charge is 0.481 e. The maximum atomic E-state index is 11.1. The zero-order chi connectivity index (χ0) is 15.6. The van der Waals surface area contributed by atoms with Crippen LogP contribution in [-0.2, 0) is 4.79 Å². The molecule has 0 spiro atoms. The highest BCUT2D eigenvalue weighted by molar-refractivity contribution is 7.99. The van der Waals surface area contributed by atoms with Crippen LogP contribution in [0.3, 0.4) is 0 Å². The van der Waals surface area contributed by atoms with Crippen molar-refractivity contribution < 1.29 is 9.90 Å². The average Bonchev–Trinajstić information content (AvgIpc) is 2.37. The van der Waals surface area contributed by atoms with Gasteiger partial charge < -0.3 is 5.11 Å². The van der Waals surface area contributed by atoms with E-state index in [1.54, 1.807) is 0 Å². The van der Waals surface area contributed by atoms with Gasteiger partial charge in [0.25, 0.3) is 0 Å². The minimum Gasteiger partial charge on any atom is -0.481 e. The van der Waals surface area contributed by atoms with Gasteiger partial charge in [-0.15, -0.1) is 0 Å². The summed E-state index contributed by atoms with van der Waals surface area (Å²) >= 11 is 1.87. The number of carboxylic acids is 1. The van der Waals surface area contributed by atoms with E-state index in [1.807, 2.05) is 11.8 Å². The number of thioether (sulfide) groups is 1. The van der Waals surface area contributed by atoms with E-state index in [1.165, 1.54) is 22.3 Å². The molecule has 1 saturated heterocycles. The molecule has 0 amide bonds. The van der Waals surface area contributed by atoms with E-state index in [4.69, 9.17) is 5.11 Å². The van der Waals surface area contributed by atoms with Gasteiger partial charge in [-0.2, -0.15) is 11.8 Å². The molecule has 1 N–H and O–H groups in total. The normalized spacial score (nSPS) is 21.2. The lowest BCUT2D eigenvalue weighted by Gasteiger charge is -2.40.